The quantitative estimate of drug-likeness (QED) is 0.824. The third-order valence-electron chi connectivity index (χ3n) is 2.25. The summed E-state index contributed by atoms with van der Waals surface area (Å²) < 4.78 is 12.9. The molecule has 1 nitrogen and oxygen atoms in total. The Kier molecular flexibility index (Phi) is 3.02. The number of anilines is 1. The Hall–Kier alpha value is -1.35. The van der Waals surface area contributed by atoms with E-state index in [9.17, 15) is 4.39 Å². The van der Waals surface area contributed by atoms with Crippen LogP contribution in [0.5, 0.6) is 0 Å². The first-order valence-electron chi connectivity index (χ1n) is 4.80. The summed E-state index contributed by atoms with van der Waals surface area (Å²) in [7, 11) is 0. The summed E-state index contributed by atoms with van der Waals surface area (Å²) in [4.78, 5) is 0. The molecule has 0 aliphatic rings. The third kappa shape index (κ3) is 2.57. The summed E-state index contributed by atoms with van der Waals surface area (Å²) in [6, 6.07) is 8.80. The van der Waals surface area contributed by atoms with Crippen LogP contribution in [0.15, 0.2) is 41.1 Å². The molecule has 0 fully saturated rings. The summed E-state index contributed by atoms with van der Waals surface area (Å²) in [6.45, 7) is 2.06. The molecule has 0 spiro atoms. The molecule has 1 atom stereocenters. The molecular formula is C12H12FNS. The average molecular weight is 221 g/mol. The van der Waals surface area contributed by atoms with Crippen LogP contribution in [0, 0.1) is 5.82 Å². The van der Waals surface area contributed by atoms with Crippen LogP contribution in [0.3, 0.4) is 0 Å². The number of nitrogens with one attached hydrogen (secondary N) is 1. The van der Waals surface area contributed by atoms with Gasteiger partial charge in [0, 0.05) is 11.7 Å². The lowest BCUT2D eigenvalue weighted by molar-refractivity contribution is 0.628. The molecular weight excluding hydrogens is 209 g/mol. The standard InChI is InChI=1S/C12H12FNS/c1-9(10-5-6-15-8-10)14-12-4-2-3-11(13)7-12/h2-9,14H,1H3. The molecule has 0 amide bonds. The topological polar surface area (TPSA) is 12.0 Å². The number of benzene rings is 1. The van der Waals surface area contributed by atoms with Crippen molar-refractivity contribution >= 4 is 17.0 Å². The predicted molar refractivity (Wildman–Crippen MR) is 62.8 cm³/mol. The second-order valence-corrected chi connectivity index (χ2v) is 4.21. The maximum absolute atomic E-state index is 12.9. The monoisotopic (exact) mass is 221 g/mol. The molecule has 1 heterocycles. The zero-order valence-corrected chi connectivity index (χ0v) is 9.22. The van der Waals surface area contributed by atoms with Crippen molar-refractivity contribution < 1.29 is 4.39 Å². The lowest BCUT2D eigenvalue weighted by Crippen LogP contribution is -2.05. The van der Waals surface area contributed by atoms with Gasteiger partial charge in [0.1, 0.15) is 5.82 Å². The summed E-state index contributed by atoms with van der Waals surface area (Å²) in [5, 5.41) is 7.39. The van der Waals surface area contributed by atoms with Crippen LogP contribution < -0.4 is 5.32 Å². The Morgan fingerprint density at radius 1 is 1.33 bits per heavy atom. The lowest BCUT2D eigenvalue weighted by Gasteiger charge is -2.13. The minimum atomic E-state index is -0.211. The first-order valence-corrected chi connectivity index (χ1v) is 5.74. The first kappa shape index (κ1) is 10.2. The Morgan fingerprint density at radius 2 is 2.20 bits per heavy atom. The molecule has 0 radical (unpaired) electrons. The molecule has 0 aliphatic heterocycles. The van der Waals surface area contributed by atoms with E-state index in [1.54, 1.807) is 17.4 Å². The van der Waals surface area contributed by atoms with Crippen LogP contribution in [0.2, 0.25) is 0 Å². The van der Waals surface area contributed by atoms with Crippen molar-refractivity contribution in [3.8, 4) is 0 Å². The second-order valence-electron chi connectivity index (χ2n) is 3.43. The van der Waals surface area contributed by atoms with Crippen LogP contribution in [0.4, 0.5) is 10.1 Å². The number of rotatable bonds is 3. The molecule has 1 aromatic heterocycles. The highest BCUT2D eigenvalue weighted by Gasteiger charge is 2.05. The maximum Gasteiger partial charge on any atom is 0.125 e. The van der Waals surface area contributed by atoms with Gasteiger partial charge in [0.05, 0.1) is 0 Å². The van der Waals surface area contributed by atoms with E-state index < -0.39 is 0 Å². The smallest absolute Gasteiger partial charge is 0.125 e. The molecule has 0 saturated heterocycles. The molecule has 1 N–H and O–H groups in total. The first-order chi connectivity index (χ1) is 7.25. The maximum atomic E-state index is 12.9. The van der Waals surface area contributed by atoms with Gasteiger partial charge in [-0.3, -0.25) is 0 Å². The SMILES string of the molecule is CC(Nc1cccc(F)c1)c1ccsc1. The molecule has 15 heavy (non-hydrogen) atoms. The molecule has 3 heteroatoms. The van der Waals surface area contributed by atoms with Gasteiger partial charge in [-0.25, -0.2) is 4.39 Å². The minimum Gasteiger partial charge on any atom is -0.378 e. The summed E-state index contributed by atoms with van der Waals surface area (Å²) in [5.41, 5.74) is 2.04. The fourth-order valence-electron chi connectivity index (χ4n) is 1.43. The van der Waals surface area contributed by atoms with Gasteiger partial charge in [-0.1, -0.05) is 6.07 Å². The van der Waals surface area contributed by atoms with Crippen LogP contribution in [-0.2, 0) is 0 Å². The normalized spacial score (nSPS) is 12.4. The van der Waals surface area contributed by atoms with Gasteiger partial charge in [-0.15, -0.1) is 0 Å². The Morgan fingerprint density at radius 3 is 2.87 bits per heavy atom. The van der Waals surface area contributed by atoms with Gasteiger partial charge < -0.3 is 5.32 Å². The van der Waals surface area contributed by atoms with Crippen molar-refractivity contribution in [1.29, 1.82) is 0 Å². The molecule has 1 aromatic carbocycles. The van der Waals surface area contributed by atoms with Crippen molar-refractivity contribution in [2.24, 2.45) is 0 Å². The zero-order valence-electron chi connectivity index (χ0n) is 8.41. The van der Waals surface area contributed by atoms with Gasteiger partial charge in [0.15, 0.2) is 0 Å². The largest absolute Gasteiger partial charge is 0.378 e. The van der Waals surface area contributed by atoms with Crippen molar-refractivity contribution in [3.05, 3.63) is 52.5 Å². The van der Waals surface area contributed by atoms with E-state index in [-0.39, 0.29) is 11.9 Å². The minimum absolute atomic E-state index is 0.207. The Labute approximate surface area is 92.6 Å². The van der Waals surface area contributed by atoms with E-state index in [4.69, 9.17) is 0 Å². The average Bonchev–Trinajstić information content (AvgIpc) is 2.70. The number of thiophene rings is 1. The van der Waals surface area contributed by atoms with E-state index in [1.807, 2.05) is 11.4 Å². The van der Waals surface area contributed by atoms with Gasteiger partial charge in [0.2, 0.25) is 0 Å². The fourth-order valence-corrected chi connectivity index (χ4v) is 2.19. The molecule has 2 rings (SSSR count). The van der Waals surface area contributed by atoms with E-state index in [1.165, 1.54) is 17.7 Å². The lowest BCUT2D eigenvalue weighted by atomic mass is 10.1. The molecule has 1 unspecified atom stereocenters. The summed E-state index contributed by atoms with van der Waals surface area (Å²) >= 11 is 1.67. The number of halogens is 1. The van der Waals surface area contributed by atoms with E-state index >= 15 is 0 Å². The second kappa shape index (κ2) is 4.45. The van der Waals surface area contributed by atoms with E-state index in [0.717, 1.165) is 5.69 Å². The Balaban J connectivity index is 2.09. The van der Waals surface area contributed by atoms with E-state index in [0.29, 0.717) is 0 Å². The van der Waals surface area contributed by atoms with Crippen molar-refractivity contribution in [1.82, 2.24) is 0 Å². The van der Waals surface area contributed by atoms with Crippen LogP contribution in [0.1, 0.15) is 18.5 Å². The van der Waals surface area contributed by atoms with Crippen LogP contribution in [-0.4, -0.2) is 0 Å². The van der Waals surface area contributed by atoms with Gasteiger partial charge >= 0.3 is 0 Å². The predicted octanol–water partition coefficient (Wildman–Crippen LogP) is 4.06. The van der Waals surface area contributed by atoms with Crippen molar-refractivity contribution in [3.63, 3.8) is 0 Å². The Bertz CT molecular complexity index is 425. The summed E-state index contributed by atoms with van der Waals surface area (Å²) in [6.07, 6.45) is 0. The molecule has 0 aliphatic carbocycles. The zero-order chi connectivity index (χ0) is 10.7. The highest BCUT2D eigenvalue weighted by molar-refractivity contribution is 7.07. The molecule has 78 valence electrons. The van der Waals surface area contributed by atoms with Crippen LogP contribution in [0.25, 0.3) is 0 Å². The highest BCUT2D eigenvalue weighted by Crippen LogP contribution is 2.21. The van der Waals surface area contributed by atoms with E-state index in [2.05, 4.69) is 23.7 Å². The fraction of sp³-hybridized carbons (Fsp3) is 0.167. The highest BCUT2D eigenvalue weighted by atomic mass is 32.1. The van der Waals surface area contributed by atoms with Gasteiger partial charge in [-0.2, -0.15) is 11.3 Å². The van der Waals surface area contributed by atoms with Crippen molar-refractivity contribution in [2.75, 3.05) is 5.32 Å². The van der Waals surface area contributed by atoms with Crippen molar-refractivity contribution in [2.45, 2.75) is 13.0 Å². The van der Waals surface area contributed by atoms with Crippen LogP contribution >= 0.6 is 11.3 Å². The molecule has 0 saturated carbocycles. The molecule has 2 aromatic rings. The number of hydrogen-bond acceptors (Lipinski definition) is 2. The summed E-state index contributed by atoms with van der Waals surface area (Å²) in [5.74, 6) is -0.211. The third-order valence-corrected chi connectivity index (χ3v) is 2.95. The molecule has 0 bridgehead atoms. The number of hydrogen-bond donors (Lipinski definition) is 1. The van der Waals surface area contributed by atoms with Gasteiger partial charge in [-0.05, 0) is 47.5 Å². The van der Waals surface area contributed by atoms with Gasteiger partial charge in [0.25, 0.3) is 0 Å².